The number of H-pyrrole nitrogens is 1. The van der Waals surface area contributed by atoms with E-state index in [-0.39, 0.29) is 5.56 Å². The number of ether oxygens (including phenoxy) is 1. The number of pyridine rings is 1. The second kappa shape index (κ2) is 6.83. The Labute approximate surface area is 138 Å². The summed E-state index contributed by atoms with van der Waals surface area (Å²) in [6, 6.07) is 9.42. The molecule has 1 aromatic carbocycles. The normalized spacial score (nSPS) is 10.9. The molecule has 0 radical (unpaired) electrons. The number of fused-ring (bicyclic) bond motifs is 1. The number of rotatable bonds is 5. The van der Waals surface area contributed by atoms with E-state index in [2.05, 4.69) is 21.9 Å². The van der Waals surface area contributed by atoms with Crippen molar-refractivity contribution in [1.29, 1.82) is 0 Å². The molecular formula is C17H17N3O2S. The Morgan fingerprint density at radius 1 is 1.22 bits per heavy atom. The van der Waals surface area contributed by atoms with Crippen molar-refractivity contribution in [2.24, 2.45) is 0 Å². The van der Waals surface area contributed by atoms with E-state index in [9.17, 15) is 4.79 Å². The van der Waals surface area contributed by atoms with Crippen molar-refractivity contribution in [2.75, 3.05) is 12.9 Å². The van der Waals surface area contributed by atoms with Gasteiger partial charge in [-0.3, -0.25) is 4.79 Å². The molecule has 0 aliphatic carbocycles. The molecule has 6 heteroatoms. The van der Waals surface area contributed by atoms with Crippen molar-refractivity contribution in [3.05, 3.63) is 46.9 Å². The van der Waals surface area contributed by atoms with E-state index in [0.29, 0.717) is 16.2 Å². The average Bonchev–Trinajstić information content (AvgIpc) is 2.59. The third-order valence-electron chi connectivity index (χ3n) is 3.43. The van der Waals surface area contributed by atoms with E-state index in [1.165, 1.54) is 11.8 Å². The van der Waals surface area contributed by atoms with E-state index in [4.69, 9.17) is 4.74 Å². The molecule has 3 aromatic rings. The molecule has 23 heavy (non-hydrogen) atoms. The number of nitrogens with zero attached hydrogens (tertiary/aromatic N) is 2. The molecule has 1 N–H and O–H groups in total. The highest BCUT2D eigenvalue weighted by Gasteiger charge is 2.11. The molecule has 0 saturated carbocycles. The largest absolute Gasteiger partial charge is 0.497 e. The summed E-state index contributed by atoms with van der Waals surface area (Å²) in [5, 5.41) is 1.13. The van der Waals surface area contributed by atoms with E-state index < -0.39 is 0 Å². The third-order valence-corrected chi connectivity index (χ3v) is 4.51. The number of hydrogen-bond donors (Lipinski definition) is 1. The lowest BCUT2D eigenvalue weighted by atomic mass is 10.0. The Kier molecular flexibility index (Phi) is 4.62. The van der Waals surface area contributed by atoms with Gasteiger partial charge in [0.15, 0.2) is 10.8 Å². The van der Waals surface area contributed by atoms with E-state index >= 15 is 0 Å². The highest BCUT2D eigenvalue weighted by molar-refractivity contribution is 7.99. The third kappa shape index (κ3) is 3.22. The van der Waals surface area contributed by atoms with Gasteiger partial charge in [0.05, 0.1) is 12.5 Å². The monoisotopic (exact) mass is 327 g/mol. The maximum absolute atomic E-state index is 12.5. The maximum Gasteiger partial charge on any atom is 0.261 e. The molecule has 0 spiro atoms. The van der Waals surface area contributed by atoms with Crippen LogP contribution in [-0.4, -0.2) is 27.8 Å². The average molecular weight is 327 g/mol. The van der Waals surface area contributed by atoms with Crippen LogP contribution in [0.4, 0.5) is 0 Å². The second-order valence-electron chi connectivity index (χ2n) is 5.01. The van der Waals surface area contributed by atoms with Gasteiger partial charge in [0, 0.05) is 11.9 Å². The Bertz CT molecular complexity index is 875. The van der Waals surface area contributed by atoms with Gasteiger partial charge in [0.1, 0.15) is 5.75 Å². The minimum atomic E-state index is -0.160. The van der Waals surface area contributed by atoms with Crippen molar-refractivity contribution in [3.8, 4) is 16.9 Å². The first-order chi connectivity index (χ1) is 11.2. The van der Waals surface area contributed by atoms with Crippen LogP contribution in [-0.2, 0) is 0 Å². The fraction of sp³-hybridized carbons (Fsp3) is 0.235. The van der Waals surface area contributed by atoms with Crippen LogP contribution in [0.25, 0.3) is 22.2 Å². The van der Waals surface area contributed by atoms with Crippen molar-refractivity contribution >= 4 is 22.8 Å². The first-order valence-electron chi connectivity index (χ1n) is 7.39. The van der Waals surface area contributed by atoms with Gasteiger partial charge in [-0.15, -0.1) is 0 Å². The number of methoxy groups -OCH3 is 1. The van der Waals surface area contributed by atoms with Gasteiger partial charge < -0.3 is 9.72 Å². The molecule has 2 aromatic heterocycles. The van der Waals surface area contributed by atoms with Crippen LogP contribution in [0, 0.1) is 0 Å². The summed E-state index contributed by atoms with van der Waals surface area (Å²) < 4.78 is 5.17. The molecule has 0 bridgehead atoms. The standard InChI is InChI=1S/C17H17N3O2S/c1-3-10-23-17-19-15-14(16(21)20-17)13(8-9-18-15)11-4-6-12(22-2)7-5-11/h4-9H,3,10H2,1-2H3,(H,18,19,20,21). The first-order valence-corrected chi connectivity index (χ1v) is 8.37. The Hall–Kier alpha value is -2.34. The molecule has 118 valence electrons. The molecule has 0 aliphatic heterocycles. The Balaban J connectivity index is 2.12. The predicted octanol–water partition coefficient (Wildman–Crippen LogP) is 3.50. The smallest absolute Gasteiger partial charge is 0.261 e. The number of aromatic nitrogens is 3. The molecule has 3 rings (SSSR count). The molecule has 0 unspecified atom stereocenters. The topological polar surface area (TPSA) is 67.9 Å². The van der Waals surface area contributed by atoms with Crippen LogP contribution >= 0.6 is 11.8 Å². The number of hydrogen-bond acceptors (Lipinski definition) is 5. The number of aromatic amines is 1. The van der Waals surface area contributed by atoms with E-state index in [0.717, 1.165) is 29.1 Å². The SMILES string of the molecule is CCCSc1nc2nccc(-c3ccc(OC)cc3)c2c(=O)[nH]1. The Morgan fingerprint density at radius 3 is 2.70 bits per heavy atom. The quantitative estimate of drug-likeness (QED) is 0.574. The van der Waals surface area contributed by atoms with Gasteiger partial charge in [-0.1, -0.05) is 30.8 Å². The minimum absolute atomic E-state index is 0.160. The van der Waals surface area contributed by atoms with Gasteiger partial charge in [0.2, 0.25) is 0 Å². The van der Waals surface area contributed by atoms with Gasteiger partial charge in [-0.2, -0.15) is 0 Å². The van der Waals surface area contributed by atoms with Gasteiger partial charge in [-0.25, -0.2) is 9.97 Å². The van der Waals surface area contributed by atoms with Crippen molar-refractivity contribution < 1.29 is 4.74 Å². The number of nitrogens with one attached hydrogen (secondary N) is 1. The van der Waals surface area contributed by atoms with Gasteiger partial charge in [-0.05, 0) is 35.7 Å². The molecule has 0 atom stereocenters. The highest BCUT2D eigenvalue weighted by Crippen LogP contribution is 2.26. The lowest BCUT2D eigenvalue weighted by molar-refractivity contribution is 0.415. The second-order valence-corrected chi connectivity index (χ2v) is 6.09. The summed E-state index contributed by atoms with van der Waals surface area (Å²) in [6.07, 6.45) is 2.70. The fourth-order valence-electron chi connectivity index (χ4n) is 2.32. The number of benzene rings is 1. The lowest BCUT2D eigenvalue weighted by Gasteiger charge is -2.07. The van der Waals surface area contributed by atoms with Crippen LogP contribution in [0.15, 0.2) is 46.5 Å². The van der Waals surface area contributed by atoms with Crippen molar-refractivity contribution in [2.45, 2.75) is 18.5 Å². The fourth-order valence-corrected chi connectivity index (χ4v) is 3.03. The maximum atomic E-state index is 12.5. The van der Waals surface area contributed by atoms with Gasteiger partial charge in [0.25, 0.3) is 5.56 Å². The zero-order valence-electron chi connectivity index (χ0n) is 13.0. The zero-order chi connectivity index (χ0) is 16.2. The summed E-state index contributed by atoms with van der Waals surface area (Å²) >= 11 is 1.53. The van der Waals surface area contributed by atoms with Gasteiger partial charge >= 0.3 is 0 Å². The van der Waals surface area contributed by atoms with E-state index in [1.54, 1.807) is 13.3 Å². The summed E-state index contributed by atoms with van der Waals surface area (Å²) in [4.78, 5) is 24.1. The molecule has 5 nitrogen and oxygen atoms in total. The molecule has 0 amide bonds. The van der Waals surface area contributed by atoms with Crippen LogP contribution in [0.2, 0.25) is 0 Å². The summed E-state index contributed by atoms with van der Waals surface area (Å²) in [5.74, 6) is 1.68. The zero-order valence-corrected chi connectivity index (χ0v) is 13.8. The predicted molar refractivity (Wildman–Crippen MR) is 93.2 cm³/mol. The highest BCUT2D eigenvalue weighted by atomic mass is 32.2. The summed E-state index contributed by atoms with van der Waals surface area (Å²) in [7, 11) is 1.63. The number of thioether (sulfide) groups is 1. The molecule has 0 saturated heterocycles. The summed E-state index contributed by atoms with van der Waals surface area (Å²) in [5.41, 5.74) is 2.06. The minimum Gasteiger partial charge on any atom is -0.497 e. The first kappa shape index (κ1) is 15.6. The molecule has 0 fully saturated rings. The molecular weight excluding hydrogens is 310 g/mol. The van der Waals surface area contributed by atoms with E-state index in [1.807, 2.05) is 30.3 Å². The van der Waals surface area contributed by atoms with Crippen molar-refractivity contribution in [3.63, 3.8) is 0 Å². The molecule has 0 aliphatic rings. The van der Waals surface area contributed by atoms with Crippen LogP contribution < -0.4 is 10.3 Å². The summed E-state index contributed by atoms with van der Waals surface area (Å²) in [6.45, 7) is 2.09. The Morgan fingerprint density at radius 2 is 2.00 bits per heavy atom. The van der Waals surface area contributed by atoms with Crippen LogP contribution in [0.3, 0.4) is 0 Å². The van der Waals surface area contributed by atoms with Crippen LogP contribution in [0.1, 0.15) is 13.3 Å². The molecule has 2 heterocycles. The lowest BCUT2D eigenvalue weighted by Crippen LogP contribution is -2.11. The van der Waals surface area contributed by atoms with Crippen molar-refractivity contribution in [1.82, 2.24) is 15.0 Å². The van der Waals surface area contributed by atoms with Crippen LogP contribution in [0.5, 0.6) is 5.75 Å².